The summed E-state index contributed by atoms with van der Waals surface area (Å²) in [5, 5.41) is 10.8. The third-order valence-electron chi connectivity index (χ3n) is 10.3. The number of hydrogen-bond donors (Lipinski definition) is 0. The van der Waals surface area contributed by atoms with Gasteiger partial charge >= 0.3 is 37.9 Å². The van der Waals surface area contributed by atoms with Gasteiger partial charge in [-0.2, -0.15) is 12.1 Å². The predicted molar refractivity (Wildman–Crippen MR) is 229 cm³/mol. The van der Waals surface area contributed by atoms with Crippen molar-refractivity contribution >= 4 is 69.6 Å². The first kappa shape index (κ1) is 38.5. The molecule has 0 N–H and O–H groups in total. The van der Waals surface area contributed by atoms with Gasteiger partial charge in [-0.3, -0.25) is 0 Å². The number of benzene rings is 6. The van der Waals surface area contributed by atoms with Crippen LogP contribution in [-0.4, -0.2) is 9.52 Å². The summed E-state index contributed by atoms with van der Waals surface area (Å²) in [6, 6.07) is 51.3. The molecule has 1 aliphatic rings. The van der Waals surface area contributed by atoms with Gasteiger partial charge in [-0.25, -0.2) is 0 Å². The second-order valence-electron chi connectivity index (χ2n) is 13.8. The molecule has 0 aromatic heterocycles. The van der Waals surface area contributed by atoms with Crippen LogP contribution in [0.25, 0.3) is 65.3 Å². The summed E-state index contributed by atoms with van der Waals surface area (Å²) in [5.41, 5.74) is 9.62. The minimum Gasteiger partial charge on any atom is -0.164 e. The Bertz CT molecular complexity index is 2360. The third-order valence-corrected chi connectivity index (χ3v) is 10.3. The molecule has 0 aliphatic heterocycles. The molecule has 0 bridgehead atoms. The molecule has 0 unspecified atom stereocenters. The molecule has 0 saturated heterocycles. The van der Waals surface area contributed by atoms with E-state index >= 15 is 0 Å². The average Bonchev–Trinajstić information content (AvgIpc) is 3.80. The van der Waals surface area contributed by atoms with Gasteiger partial charge in [0.25, 0.3) is 0 Å². The van der Waals surface area contributed by atoms with E-state index in [1.165, 1.54) is 109 Å². The Morgan fingerprint density at radius 2 is 1.06 bits per heavy atom. The number of aryl methyl sites for hydroxylation is 2. The van der Waals surface area contributed by atoms with E-state index in [1.807, 2.05) is 0 Å². The summed E-state index contributed by atoms with van der Waals surface area (Å²) in [5.74, 6) is 0.765. The number of rotatable bonds is 3. The second kappa shape index (κ2) is 18.7. The minimum absolute atomic E-state index is 0.765. The maximum Gasteiger partial charge on any atom is -0.0114 e. The van der Waals surface area contributed by atoms with Gasteiger partial charge in [-0.1, -0.05) is 154 Å². The molecule has 8 aromatic rings. The van der Waals surface area contributed by atoms with Crippen LogP contribution in [0.5, 0.6) is 0 Å². The average molecular weight is 813 g/mol. The zero-order valence-electron chi connectivity index (χ0n) is 30.6. The molecule has 0 atom stereocenters. The van der Waals surface area contributed by atoms with Crippen molar-refractivity contribution in [1.82, 2.24) is 0 Å². The molecule has 0 amide bonds. The Balaban J connectivity index is 0.000000157. The predicted octanol–water partition coefficient (Wildman–Crippen LogP) is 15.6. The van der Waals surface area contributed by atoms with E-state index < -0.39 is 20.8 Å². The van der Waals surface area contributed by atoms with Crippen LogP contribution in [-0.2, 0) is 20.8 Å². The summed E-state index contributed by atoms with van der Waals surface area (Å²) < 4.78 is 0. The quantitative estimate of drug-likeness (QED) is 0.123. The van der Waals surface area contributed by atoms with E-state index in [4.69, 9.17) is 17.0 Å². The van der Waals surface area contributed by atoms with Gasteiger partial charge in [0.2, 0.25) is 0 Å². The largest absolute Gasteiger partial charge is 0.164 e. The molecule has 0 nitrogen and oxygen atoms in total. The molecular formula is C48H46Cl2SiZr. The van der Waals surface area contributed by atoms with Crippen LogP contribution in [0.2, 0.25) is 13.1 Å². The molecule has 0 heterocycles. The van der Waals surface area contributed by atoms with Gasteiger partial charge in [0, 0.05) is 9.52 Å². The van der Waals surface area contributed by atoms with Crippen LogP contribution in [0.1, 0.15) is 54.7 Å². The van der Waals surface area contributed by atoms with Crippen LogP contribution in [0.15, 0.2) is 140 Å². The molecule has 0 spiro atoms. The first-order chi connectivity index (χ1) is 25.5. The molecule has 8 aromatic carbocycles. The van der Waals surface area contributed by atoms with Gasteiger partial charge in [-0.15, -0.1) is 68.6 Å². The fourth-order valence-electron chi connectivity index (χ4n) is 7.91. The standard InChI is InChI=1S/C25H23.C21H17.C2H6Si.2ClH.Zr/c1-2-8-18(9-3-1)21-16-20-12-7-15-24(25(20)17-21)23-14-6-11-19-10-4-5-13-22(19)23;1-14-12-20-15(2)10-11-19(21(20)13-14)18-9-5-7-16-6-3-4-8-17(16)18;1-3-2;;;/h4-7,10-18H,1-3,8-9H2;3-13H,1-2H3;1-2H3;2*1H;/q2*-1;;;;+4/p-2. The Hall–Kier alpha value is -3.26. The van der Waals surface area contributed by atoms with E-state index in [9.17, 15) is 0 Å². The van der Waals surface area contributed by atoms with Crippen molar-refractivity contribution in [2.75, 3.05) is 0 Å². The summed E-state index contributed by atoms with van der Waals surface area (Å²) in [6.45, 7) is 8.67. The molecule has 1 fully saturated rings. The zero-order chi connectivity index (χ0) is 36.5. The van der Waals surface area contributed by atoms with E-state index in [2.05, 4.69) is 166 Å². The van der Waals surface area contributed by atoms with Gasteiger partial charge in [0.05, 0.1) is 0 Å². The second-order valence-corrected chi connectivity index (χ2v) is 18.6. The SMILES string of the molecule is C[Si]C.Cc1cc2c(-c3cccc4ccccc34)ccc(C)c2[cH-]1.[Cl][Zr+2][Cl].c1ccc2c(-c3cccc4[cH-]c(C5CCCCC5)cc34)cccc2c1. The minimum atomic E-state index is -0.826. The maximum absolute atomic E-state index is 4.93. The van der Waals surface area contributed by atoms with Crippen molar-refractivity contribution in [2.45, 2.75) is 65.0 Å². The van der Waals surface area contributed by atoms with Crippen molar-refractivity contribution in [3.05, 3.63) is 156 Å². The number of hydrogen-bond acceptors (Lipinski definition) is 0. The first-order valence-electron chi connectivity index (χ1n) is 18.3. The van der Waals surface area contributed by atoms with Crippen LogP contribution in [0.3, 0.4) is 0 Å². The Morgan fingerprint density at radius 1 is 0.558 bits per heavy atom. The maximum atomic E-state index is 4.93. The van der Waals surface area contributed by atoms with Gasteiger partial charge < -0.3 is 0 Å². The van der Waals surface area contributed by atoms with Crippen molar-refractivity contribution in [2.24, 2.45) is 0 Å². The van der Waals surface area contributed by atoms with Crippen molar-refractivity contribution in [1.29, 1.82) is 0 Å². The van der Waals surface area contributed by atoms with Crippen molar-refractivity contribution in [3.63, 3.8) is 0 Å². The van der Waals surface area contributed by atoms with E-state index in [0.717, 1.165) is 15.4 Å². The molecule has 9 rings (SSSR count). The Morgan fingerprint density at radius 3 is 1.65 bits per heavy atom. The van der Waals surface area contributed by atoms with E-state index in [1.54, 1.807) is 5.56 Å². The number of halogens is 2. The fourth-order valence-corrected chi connectivity index (χ4v) is 7.91. The van der Waals surface area contributed by atoms with Crippen molar-refractivity contribution < 1.29 is 20.8 Å². The van der Waals surface area contributed by atoms with Crippen LogP contribution >= 0.6 is 17.0 Å². The summed E-state index contributed by atoms with van der Waals surface area (Å²) in [6.07, 6.45) is 6.92. The smallest absolute Gasteiger partial charge is 0.0114 e. The van der Waals surface area contributed by atoms with E-state index in [-0.39, 0.29) is 0 Å². The molecule has 1 aliphatic carbocycles. The van der Waals surface area contributed by atoms with E-state index in [0.29, 0.717) is 0 Å². The summed E-state index contributed by atoms with van der Waals surface area (Å²) >= 11 is -0.826. The number of fused-ring (bicyclic) bond motifs is 4. The first-order valence-corrected chi connectivity index (χ1v) is 26.7. The van der Waals surface area contributed by atoms with Gasteiger partial charge in [0.1, 0.15) is 0 Å². The molecule has 4 heteroatoms. The van der Waals surface area contributed by atoms with Crippen LogP contribution < -0.4 is 0 Å². The summed E-state index contributed by atoms with van der Waals surface area (Å²) in [7, 11) is 11.0. The molecule has 260 valence electrons. The monoisotopic (exact) mass is 810 g/mol. The fraction of sp³-hybridized carbons (Fsp3) is 0.208. The molecule has 1 saturated carbocycles. The molecular weight excluding hydrogens is 767 g/mol. The normalized spacial score (nSPS) is 12.7. The zero-order valence-corrected chi connectivity index (χ0v) is 35.6. The topological polar surface area (TPSA) is 0 Å². The third kappa shape index (κ3) is 8.75. The van der Waals surface area contributed by atoms with Gasteiger partial charge in [0.15, 0.2) is 0 Å². The van der Waals surface area contributed by atoms with Crippen LogP contribution in [0.4, 0.5) is 0 Å². The van der Waals surface area contributed by atoms with Crippen molar-refractivity contribution in [3.8, 4) is 22.3 Å². The van der Waals surface area contributed by atoms with Crippen LogP contribution in [0, 0.1) is 13.8 Å². The Labute approximate surface area is 331 Å². The summed E-state index contributed by atoms with van der Waals surface area (Å²) in [4.78, 5) is 0. The molecule has 52 heavy (non-hydrogen) atoms. The Kier molecular flexibility index (Phi) is 13.8. The molecule has 2 radical (unpaired) electrons. The van der Waals surface area contributed by atoms with Gasteiger partial charge in [-0.05, 0) is 51.4 Å².